The molecular weight excluding hydrogens is 244 g/mol. The number of phenolic OH excluding ortho intramolecular Hbond substituents is 1. The van der Waals surface area contributed by atoms with Gasteiger partial charge in [0, 0.05) is 0 Å². The number of rotatable bonds is 1. The molecule has 20 heavy (non-hydrogen) atoms. The van der Waals surface area contributed by atoms with Crippen molar-refractivity contribution in [1.82, 2.24) is 0 Å². The lowest BCUT2D eigenvalue weighted by Gasteiger charge is -2.00. The molecule has 3 rings (SSSR count). The fourth-order valence-corrected chi connectivity index (χ4v) is 1.80. The van der Waals surface area contributed by atoms with Gasteiger partial charge in [-0.3, -0.25) is 0 Å². The molecule has 0 radical (unpaired) electrons. The normalized spacial score (nSPS) is 9.45. The first kappa shape index (κ1) is 13.9. The van der Waals surface area contributed by atoms with E-state index in [2.05, 4.69) is 55.5 Å². The molecule has 0 heterocycles. The van der Waals surface area contributed by atoms with Crippen molar-refractivity contribution in [3.63, 3.8) is 0 Å². The molecule has 3 aromatic carbocycles. The molecule has 0 aliphatic heterocycles. The third-order valence-electron chi connectivity index (χ3n) is 2.91. The Labute approximate surface area is 120 Å². The summed E-state index contributed by atoms with van der Waals surface area (Å²) in [5.74, 6) is 0.322. The van der Waals surface area contributed by atoms with Crippen LogP contribution in [-0.2, 0) is 0 Å². The lowest BCUT2D eigenvalue weighted by atomic mass is 10.0. The summed E-state index contributed by atoms with van der Waals surface area (Å²) in [6, 6.07) is 27.7. The molecule has 0 aliphatic carbocycles. The molecule has 100 valence electrons. The predicted molar refractivity (Wildman–Crippen MR) is 84.7 cm³/mol. The first-order chi connectivity index (χ1) is 9.75. The van der Waals surface area contributed by atoms with Crippen LogP contribution in [-0.4, -0.2) is 5.11 Å². The van der Waals surface area contributed by atoms with Crippen LogP contribution < -0.4 is 0 Å². The smallest absolute Gasteiger partial charge is 0.115 e. The Bertz CT molecular complexity index is 613. The monoisotopic (exact) mass is 262 g/mol. The maximum Gasteiger partial charge on any atom is 0.115 e. The second-order valence-corrected chi connectivity index (χ2v) is 4.57. The average Bonchev–Trinajstić information content (AvgIpc) is 2.50. The number of hydrogen-bond acceptors (Lipinski definition) is 1. The van der Waals surface area contributed by atoms with Crippen molar-refractivity contribution in [2.45, 2.75) is 6.92 Å². The highest BCUT2D eigenvalue weighted by Crippen LogP contribution is 2.18. The van der Waals surface area contributed by atoms with Crippen molar-refractivity contribution >= 4 is 0 Å². The highest BCUT2D eigenvalue weighted by atomic mass is 16.3. The van der Waals surface area contributed by atoms with Gasteiger partial charge in [0.15, 0.2) is 0 Å². The van der Waals surface area contributed by atoms with Crippen LogP contribution in [0.15, 0.2) is 84.9 Å². The second-order valence-electron chi connectivity index (χ2n) is 4.57. The summed E-state index contributed by atoms with van der Waals surface area (Å²) in [6.45, 7) is 2.11. The zero-order valence-corrected chi connectivity index (χ0v) is 11.5. The molecule has 0 aromatic heterocycles. The van der Waals surface area contributed by atoms with E-state index in [4.69, 9.17) is 5.11 Å². The summed E-state index contributed by atoms with van der Waals surface area (Å²) in [5, 5.41) is 8.63. The summed E-state index contributed by atoms with van der Waals surface area (Å²) in [6.07, 6.45) is 0. The van der Waals surface area contributed by atoms with Gasteiger partial charge in [-0.15, -0.1) is 0 Å². The molecule has 0 saturated carbocycles. The van der Waals surface area contributed by atoms with Crippen molar-refractivity contribution in [2.75, 3.05) is 0 Å². The van der Waals surface area contributed by atoms with E-state index in [0.717, 1.165) is 0 Å². The zero-order valence-electron chi connectivity index (χ0n) is 11.5. The number of para-hydroxylation sites is 1. The number of benzene rings is 3. The SMILES string of the molecule is Cc1ccc(-c2ccccc2)cc1.Oc1ccccc1. The lowest BCUT2D eigenvalue weighted by Crippen LogP contribution is -1.76. The summed E-state index contributed by atoms with van der Waals surface area (Å²) >= 11 is 0. The van der Waals surface area contributed by atoms with Gasteiger partial charge >= 0.3 is 0 Å². The molecule has 0 fully saturated rings. The molecule has 1 heteroatoms. The largest absolute Gasteiger partial charge is 0.508 e. The van der Waals surface area contributed by atoms with Crippen LogP contribution in [0.25, 0.3) is 11.1 Å². The standard InChI is InChI=1S/C13H12.C6H6O/c1-11-7-9-13(10-8-11)12-5-3-2-4-6-12;7-6-4-2-1-3-5-6/h2-10H,1H3;1-5,7H. The highest BCUT2D eigenvalue weighted by Gasteiger charge is 1.93. The molecule has 0 bridgehead atoms. The van der Waals surface area contributed by atoms with Gasteiger partial charge in [-0.2, -0.15) is 0 Å². The lowest BCUT2D eigenvalue weighted by molar-refractivity contribution is 0.475. The van der Waals surface area contributed by atoms with Gasteiger partial charge in [-0.05, 0) is 30.2 Å². The molecule has 0 unspecified atom stereocenters. The number of hydrogen-bond donors (Lipinski definition) is 1. The minimum absolute atomic E-state index is 0.322. The molecular formula is C19H18O. The first-order valence-electron chi connectivity index (χ1n) is 6.62. The van der Waals surface area contributed by atoms with Crippen LogP contribution in [0, 0.1) is 6.92 Å². The van der Waals surface area contributed by atoms with E-state index < -0.39 is 0 Å². The Morgan fingerprint density at radius 3 is 1.45 bits per heavy atom. The summed E-state index contributed by atoms with van der Waals surface area (Å²) in [4.78, 5) is 0. The predicted octanol–water partition coefficient (Wildman–Crippen LogP) is 5.05. The van der Waals surface area contributed by atoms with E-state index in [1.165, 1.54) is 16.7 Å². The second kappa shape index (κ2) is 7.15. The topological polar surface area (TPSA) is 20.2 Å². The van der Waals surface area contributed by atoms with Crippen molar-refractivity contribution in [1.29, 1.82) is 0 Å². The average molecular weight is 262 g/mol. The van der Waals surface area contributed by atoms with Crippen LogP contribution in [0.2, 0.25) is 0 Å². The molecule has 0 atom stereocenters. The number of aryl methyl sites for hydroxylation is 1. The number of phenols is 1. The third-order valence-corrected chi connectivity index (χ3v) is 2.91. The fourth-order valence-electron chi connectivity index (χ4n) is 1.80. The molecule has 0 saturated heterocycles. The molecule has 1 N–H and O–H groups in total. The van der Waals surface area contributed by atoms with Crippen LogP contribution >= 0.6 is 0 Å². The maximum absolute atomic E-state index is 8.63. The van der Waals surface area contributed by atoms with Gasteiger partial charge in [0.1, 0.15) is 5.75 Å². The van der Waals surface area contributed by atoms with Gasteiger partial charge < -0.3 is 5.11 Å². The van der Waals surface area contributed by atoms with Crippen molar-refractivity contribution in [2.24, 2.45) is 0 Å². The first-order valence-corrected chi connectivity index (χ1v) is 6.62. The summed E-state index contributed by atoms with van der Waals surface area (Å²) in [7, 11) is 0. The third kappa shape index (κ3) is 4.29. The minimum atomic E-state index is 0.322. The highest BCUT2D eigenvalue weighted by molar-refractivity contribution is 5.63. The molecule has 0 amide bonds. The maximum atomic E-state index is 8.63. The zero-order chi connectivity index (χ0) is 14.2. The Morgan fingerprint density at radius 1 is 0.550 bits per heavy atom. The Hall–Kier alpha value is -2.54. The van der Waals surface area contributed by atoms with Crippen LogP contribution in [0.1, 0.15) is 5.56 Å². The molecule has 1 nitrogen and oxygen atoms in total. The van der Waals surface area contributed by atoms with E-state index >= 15 is 0 Å². The van der Waals surface area contributed by atoms with Gasteiger partial charge in [-0.25, -0.2) is 0 Å². The fraction of sp³-hybridized carbons (Fsp3) is 0.0526. The van der Waals surface area contributed by atoms with Gasteiger partial charge in [0.05, 0.1) is 0 Å². The quantitative estimate of drug-likeness (QED) is 0.650. The van der Waals surface area contributed by atoms with Crippen LogP contribution in [0.5, 0.6) is 5.75 Å². The van der Waals surface area contributed by atoms with Crippen LogP contribution in [0.3, 0.4) is 0 Å². The molecule has 0 aliphatic rings. The van der Waals surface area contributed by atoms with Gasteiger partial charge in [0.2, 0.25) is 0 Å². The van der Waals surface area contributed by atoms with Crippen molar-refractivity contribution in [3.8, 4) is 16.9 Å². The summed E-state index contributed by atoms with van der Waals surface area (Å²) in [5.41, 5.74) is 3.87. The molecule has 0 spiro atoms. The Morgan fingerprint density at radius 2 is 1.00 bits per heavy atom. The number of aromatic hydroxyl groups is 1. The summed E-state index contributed by atoms with van der Waals surface area (Å²) < 4.78 is 0. The van der Waals surface area contributed by atoms with Crippen molar-refractivity contribution in [3.05, 3.63) is 90.5 Å². The van der Waals surface area contributed by atoms with E-state index in [9.17, 15) is 0 Å². The van der Waals surface area contributed by atoms with E-state index in [1.54, 1.807) is 24.3 Å². The molecule has 3 aromatic rings. The Balaban J connectivity index is 0.000000178. The minimum Gasteiger partial charge on any atom is -0.508 e. The van der Waals surface area contributed by atoms with E-state index in [-0.39, 0.29) is 0 Å². The van der Waals surface area contributed by atoms with E-state index in [0.29, 0.717) is 5.75 Å². The van der Waals surface area contributed by atoms with Gasteiger partial charge in [0.25, 0.3) is 0 Å². The van der Waals surface area contributed by atoms with Gasteiger partial charge in [-0.1, -0.05) is 78.4 Å². The van der Waals surface area contributed by atoms with Crippen LogP contribution in [0.4, 0.5) is 0 Å². The van der Waals surface area contributed by atoms with E-state index in [1.807, 2.05) is 12.1 Å². The Kier molecular flexibility index (Phi) is 4.96. The van der Waals surface area contributed by atoms with Crippen molar-refractivity contribution < 1.29 is 5.11 Å².